The Balaban J connectivity index is 2.32. The summed E-state index contributed by atoms with van der Waals surface area (Å²) in [4.78, 5) is 2.05. The summed E-state index contributed by atoms with van der Waals surface area (Å²) >= 11 is 5.10. The van der Waals surface area contributed by atoms with Gasteiger partial charge in [-0.1, -0.05) is 6.07 Å². The zero-order chi connectivity index (χ0) is 14.7. The molecule has 0 saturated heterocycles. The summed E-state index contributed by atoms with van der Waals surface area (Å²) in [6.45, 7) is 2.47. The summed E-state index contributed by atoms with van der Waals surface area (Å²) in [7, 11) is 1.97. The van der Waals surface area contributed by atoms with Gasteiger partial charge >= 0.3 is 0 Å². The lowest BCUT2D eigenvalue weighted by Gasteiger charge is -2.23. The first kappa shape index (κ1) is 15.0. The fraction of sp³-hybridized carbons (Fsp3) is 0.267. The van der Waals surface area contributed by atoms with E-state index in [0.29, 0.717) is 5.56 Å². The molecule has 1 N–H and O–H groups in total. The van der Waals surface area contributed by atoms with E-state index in [0.717, 1.165) is 21.6 Å². The minimum Gasteiger partial charge on any atom is -0.389 e. The van der Waals surface area contributed by atoms with Crippen molar-refractivity contribution in [3.63, 3.8) is 0 Å². The number of hydrogen-bond donors (Lipinski definition) is 1. The van der Waals surface area contributed by atoms with Crippen molar-refractivity contribution in [2.45, 2.75) is 19.6 Å². The molecule has 0 aliphatic rings. The Morgan fingerprint density at radius 2 is 2.20 bits per heavy atom. The summed E-state index contributed by atoms with van der Waals surface area (Å²) < 4.78 is 1.10. The van der Waals surface area contributed by atoms with Crippen LogP contribution >= 0.6 is 27.3 Å². The molecule has 0 amide bonds. The molecule has 2 aromatic rings. The number of aliphatic hydroxyl groups excluding tert-OH is 1. The number of anilines is 1. The van der Waals surface area contributed by atoms with Gasteiger partial charge in [0.25, 0.3) is 0 Å². The first-order valence-corrected chi connectivity index (χ1v) is 7.84. The van der Waals surface area contributed by atoms with Crippen molar-refractivity contribution in [1.82, 2.24) is 0 Å². The van der Waals surface area contributed by atoms with Gasteiger partial charge in [-0.15, -0.1) is 11.3 Å². The van der Waals surface area contributed by atoms with E-state index in [2.05, 4.69) is 38.3 Å². The van der Waals surface area contributed by atoms with Gasteiger partial charge in [0, 0.05) is 24.8 Å². The van der Waals surface area contributed by atoms with E-state index in [1.807, 2.05) is 19.2 Å². The predicted octanol–water partition coefficient (Wildman–Crippen LogP) is 4.07. The van der Waals surface area contributed by atoms with Crippen molar-refractivity contribution in [2.75, 3.05) is 11.9 Å². The first-order chi connectivity index (χ1) is 9.51. The van der Waals surface area contributed by atoms with Crippen molar-refractivity contribution >= 4 is 33.0 Å². The summed E-state index contributed by atoms with van der Waals surface area (Å²) in [5, 5.41) is 21.0. The third-order valence-corrected chi connectivity index (χ3v) is 4.62. The van der Waals surface area contributed by atoms with Crippen LogP contribution in [0.1, 0.15) is 29.7 Å². The molecule has 0 fully saturated rings. The van der Waals surface area contributed by atoms with Gasteiger partial charge < -0.3 is 10.0 Å². The third kappa shape index (κ3) is 3.40. The number of hydrogen-bond acceptors (Lipinski definition) is 4. The molecular formula is C15H15BrN2OS. The van der Waals surface area contributed by atoms with Crippen molar-refractivity contribution in [3.8, 4) is 6.07 Å². The average molecular weight is 351 g/mol. The standard InChI is InChI=1S/C15H15BrN2OS/c1-10(19)13-4-3-11(7-17)5-14(13)18(2)8-12-6-15(16)20-9-12/h3-6,9-10,19H,8H2,1-2H3/t10-/m0/s1. The van der Waals surface area contributed by atoms with Crippen LogP contribution < -0.4 is 4.90 Å². The molecule has 0 spiro atoms. The molecule has 104 valence electrons. The number of nitrogens with zero attached hydrogens (tertiary/aromatic N) is 2. The average Bonchev–Trinajstić information content (AvgIpc) is 2.83. The number of thiophene rings is 1. The molecule has 5 heteroatoms. The van der Waals surface area contributed by atoms with E-state index >= 15 is 0 Å². The van der Waals surface area contributed by atoms with Crippen LogP contribution in [0.2, 0.25) is 0 Å². The molecule has 0 unspecified atom stereocenters. The third-order valence-electron chi connectivity index (χ3n) is 3.06. The van der Waals surface area contributed by atoms with Crippen LogP contribution in [0.4, 0.5) is 5.69 Å². The fourth-order valence-electron chi connectivity index (χ4n) is 2.08. The highest BCUT2D eigenvalue weighted by Gasteiger charge is 2.13. The topological polar surface area (TPSA) is 47.3 Å². The quantitative estimate of drug-likeness (QED) is 0.903. The van der Waals surface area contributed by atoms with E-state index in [1.165, 1.54) is 5.56 Å². The SMILES string of the molecule is C[C@H](O)c1ccc(C#N)cc1N(C)Cc1csc(Br)c1. The maximum Gasteiger partial charge on any atom is 0.0992 e. The molecule has 0 bridgehead atoms. The van der Waals surface area contributed by atoms with Crippen molar-refractivity contribution < 1.29 is 5.11 Å². The van der Waals surface area contributed by atoms with Gasteiger partial charge in [0.05, 0.1) is 21.5 Å². The molecule has 0 aliphatic heterocycles. The lowest BCUT2D eigenvalue weighted by atomic mass is 10.0. The Morgan fingerprint density at radius 1 is 1.45 bits per heavy atom. The number of aliphatic hydroxyl groups is 1. The van der Waals surface area contributed by atoms with Crippen LogP contribution in [0.15, 0.2) is 33.4 Å². The molecule has 1 aromatic heterocycles. The molecule has 3 nitrogen and oxygen atoms in total. The number of halogens is 1. The fourth-order valence-corrected chi connectivity index (χ4v) is 3.29. The van der Waals surface area contributed by atoms with Gasteiger partial charge in [0.15, 0.2) is 0 Å². The summed E-state index contributed by atoms with van der Waals surface area (Å²) in [6, 6.07) is 9.60. The van der Waals surface area contributed by atoms with Crippen molar-refractivity contribution in [2.24, 2.45) is 0 Å². The number of benzene rings is 1. The zero-order valence-electron chi connectivity index (χ0n) is 11.3. The molecule has 2 rings (SSSR count). The van der Waals surface area contributed by atoms with Crippen LogP contribution in [0.5, 0.6) is 0 Å². The Kier molecular flexibility index (Phi) is 4.81. The summed E-state index contributed by atoms with van der Waals surface area (Å²) in [5.41, 5.74) is 3.52. The maximum atomic E-state index is 9.87. The highest BCUT2D eigenvalue weighted by molar-refractivity contribution is 9.11. The molecule has 1 atom stereocenters. The molecule has 1 heterocycles. The molecule has 0 saturated carbocycles. The van der Waals surface area contributed by atoms with Gasteiger partial charge in [-0.2, -0.15) is 5.26 Å². The smallest absolute Gasteiger partial charge is 0.0992 e. The first-order valence-electron chi connectivity index (χ1n) is 6.17. The molecule has 0 aliphatic carbocycles. The Bertz CT molecular complexity index is 646. The Labute approximate surface area is 131 Å². The van der Waals surface area contributed by atoms with Gasteiger partial charge in [-0.25, -0.2) is 0 Å². The highest BCUT2D eigenvalue weighted by Crippen LogP contribution is 2.29. The van der Waals surface area contributed by atoms with E-state index in [-0.39, 0.29) is 0 Å². The van der Waals surface area contributed by atoms with E-state index in [4.69, 9.17) is 5.26 Å². The van der Waals surface area contributed by atoms with Crippen LogP contribution in [0, 0.1) is 11.3 Å². The lowest BCUT2D eigenvalue weighted by Crippen LogP contribution is -2.18. The number of nitriles is 1. The second kappa shape index (κ2) is 6.40. The van der Waals surface area contributed by atoms with Crippen LogP contribution in [0.3, 0.4) is 0 Å². The van der Waals surface area contributed by atoms with E-state index < -0.39 is 6.10 Å². The maximum absolute atomic E-state index is 9.87. The molecule has 0 radical (unpaired) electrons. The normalized spacial score (nSPS) is 11.9. The van der Waals surface area contributed by atoms with E-state index in [1.54, 1.807) is 24.3 Å². The largest absolute Gasteiger partial charge is 0.389 e. The molecule has 20 heavy (non-hydrogen) atoms. The lowest BCUT2D eigenvalue weighted by molar-refractivity contribution is 0.199. The Hall–Kier alpha value is -1.35. The van der Waals surface area contributed by atoms with Crippen LogP contribution in [-0.2, 0) is 6.54 Å². The molecule has 1 aromatic carbocycles. The minimum atomic E-state index is -0.561. The summed E-state index contributed by atoms with van der Waals surface area (Å²) in [6.07, 6.45) is -0.561. The van der Waals surface area contributed by atoms with Crippen LogP contribution in [0.25, 0.3) is 0 Å². The zero-order valence-corrected chi connectivity index (χ0v) is 13.7. The number of rotatable bonds is 4. The van der Waals surface area contributed by atoms with Gasteiger partial charge in [0.1, 0.15) is 0 Å². The second-order valence-corrected chi connectivity index (χ2v) is 6.97. The van der Waals surface area contributed by atoms with Gasteiger partial charge in [0.2, 0.25) is 0 Å². The summed E-state index contributed by atoms with van der Waals surface area (Å²) in [5.74, 6) is 0. The minimum absolute atomic E-state index is 0.561. The van der Waals surface area contributed by atoms with Crippen molar-refractivity contribution in [3.05, 3.63) is 50.1 Å². The van der Waals surface area contributed by atoms with E-state index in [9.17, 15) is 5.11 Å². The monoisotopic (exact) mass is 350 g/mol. The van der Waals surface area contributed by atoms with Crippen molar-refractivity contribution in [1.29, 1.82) is 5.26 Å². The Morgan fingerprint density at radius 3 is 2.75 bits per heavy atom. The van der Waals surface area contributed by atoms with Gasteiger partial charge in [-0.05, 0) is 52.0 Å². The van der Waals surface area contributed by atoms with Crippen LogP contribution in [-0.4, -0.2) is 12.2 Å². The predicted molar refractivity (Wildman–Crippen MR) is 85.9 cm³/mol. The highest BCUT2D eigenvalue weighted by atomic mass is 79.9. The van der Waals surface area contributed by atoms with Gasteiger partial charge in [-0.3, -0.25) is 0 Å². The second-order valence-electron chi connectivity index (χ2n) is 4.68. The molecular weight excluding hydrogens is 336 g/mol.